The Labute approximate surface area is 139 Å². The molecule has 3 N–H and O–H groups in total. The van der Waals surface area contributed by atoms with Gasteiger partial charge in [0.15, 0.2) is 11.4 Å². The molecule has 0 fully saturated rings. The fraction of sp³-hybridized carbons (Fsp3) is 0.600. The number of aromatic nitrogens is 1. The van der Waals surface area contributed by atoms with E-state index >= 15 is 0 Å². The van der Waals surface area contributed by atoms with Gasteiger partial charge in [-0.05, 0) is 11.8 Å². The molecule has 2 atom stereocenters. The largest absolute Gasteiger partial charge is 0.383 e. The molecule has 0 aliphatic heterocycles. The normalized spacial score (nSPS) is 14.0. The number of nitrogens with one attached hydrogen (secondary N) is 2. The van der Waals surface area contributed by atoms with Crippen LogP contribution in [0.25, 0.3) is 0 Å². The molecule has 0 aromatic carbocycles. The zero-order valence-electron chi connectivity index (χ0n) is 13.8. The van der Waals surface area contributed by atoms with Crippen molar-refractivity contribution in [1.29, 1.82) is 0 Å². The van der Waals surface area contributed by atoms with Crippen LogP contribution in [0, 0.1) is 5.41 Å². The first-order valence-corrected chi connectivity index (χ1v) is 8.21. The minimum Gasteiger partial charge on any atom is -0.383 e. The van der Waals surface area contributed by atoms with E-state index in [1.54, 1.807) is 20.8 Å². The maximum atomic E-state index is 12.3. The molecule has 0 radical (unpaired) electrons. The molecule has 0 spiro atoms. The highest BCUT2D eigenvalue weighted by molar-refractivity contribution is 7.17. The number of hydrogen-bond acceptors (Lipinski definition) is 6. The fourth-order valence-corrected chi connectivity index (χ4v) is 2.43. The van der Waals surface area contributed by atoms with Gasteiger partial charge >= 0.3 is 0 Å². The van der Waals surface area contributed by atoms with Gasteiger partial charge in [0, 0.05) is 0 Å². The molecule has 1 heterocycles. The molecule has 0 saturated heterocycles. The Bertz CT molecular complexity index is 565. The highest BCUT2D eigenvalue weighted by atomic mass is 32.1. The number of aldehydes is 1. The van der Waals surface area contributed by atoms with Crippen LogP contribution >= 0.6 is 11.3 Å². The van der Waals surface area contributed by atoms with Crippen LogP contribution in [0.2, 0.25) is 0 Å². The van der Waals surface area contributed by atoms with E-state index in [9.17, 15) is 19.5 Å². The number of rotatable bonds is 7. The van der Waals surface area contributed by atoms with Crippen molar-refractivity contribution >= 4 is 34.6 Å². The van der Waals surface area contributed by atoms with Gasteiger partial charge < -0.3 is 15.7 Å². The van der Waals surface area contributed by atoms with E-state index in [2.05, 4.69) is 15.6 Å². The van der Waals surface area contributed by atoms with Gasteiger partial charge in [-0.1, -0.05) is 45.5 Å². The zero-order valence-corrected chi connectivity index (χ0v) is 14.6. The third-order valence-electron chi connectivity index (χ3n) is 3.15. The number of aliphatic hydroxyl groups is 1. The first-order chi connectivity index (χ1) is 10.7. The van der Waals surface area contributed by atoms with E-state index in [1.807, 2.05) is 6.92 Å². The van der Waals surface area contributed by atoms with E-state index in [1.165, 1.54) is 6.20 Å². The predicted molar refractivity (Wildman–Crippen MR) is 88.4 cm³/mol. The summed E-state index contributed by atoms with van der Waals surface area (Å²) < 4.78 is 0. The van der Waals surface area contributed by atoms with Crippen molar-refractivity contribution in [2.75, 3.05) is 5.32 Å². The van der Waals surface area contributed by atoms with Gasteiger partial charge in [0.1, 0.15) is 12.1 Å². The van der Waals surface area contributed by atoms with Crippen molar-refractivity contribution in [2.45, 2.75) is 52.7 Å². The molecule has 1 rings (SSSR count). The molecule has 0 saturated carbocycles. The number of anilines is 1. The van der Waals surface area contributed by atoms with Crippen LogP contribution < -0.4 is 10.6 Å². The third kappa shape index (κ3) is 5.72. The summed E-state index contributed by atoms with van der Waals surface area (Å²) in [5, 5.41) is 15.4. The Morgan fingerprint density at radius 2 is 2.04 bits per heavy atom. The number of aliphatic hydroxyl groups excluding tert-OH is 1. The second kappa shape index (κ2) is 8.16. The summed E-state index contributed by atoms with van der Waals surface area (Å²) in [6.45, 7) is 7.11. The number of amides is 2. The zero-order chi connectivity index (χ0) is 17.6. The molecular weight excluding hydrogens is 318 g/mol. The van der Waals surface area contributed by atoms with E-state index < -0.39 is 29.4 Å². The van der Waals surface area contributed by atoms with E-state index in [0.29, 0.717) is 29.1 Å². The molecule has 0 aliphatic rings. The van der Waals surface area contributed by atoms with Crippen molar-refractivity contribution in [3.63, 3.8) is 0 Å². The number of thiazole rings is 1. The Balaban J connectivity index is 2.74. The Morgan fingerprint density at radius 1 is 1.39 bits per heavy atom. The highest BCUT2D eigenvalue weighted by Crippen LogP contribution is 2.20. The lowest BCUT2D eigenvalue weighted by Gasteiger charge is -2.26. The summed E-state index contributed by atoms with van der Waals surface area (Å²) in [5.41, 5.74) is -0.620. The van der Waals surface area contributed by atoms with Crippen molar-refractivity contribution in [3.8, 4) is 0 Å². The summed E-state index contributed by atoms with van der Waals surface area (Å²) >= 11 is 1.05. The quantitative estimate of drug-likeness (QED) is 0.653. The smallest absolute Gasteiger partial charge is 0.250 e. The van der Waals surface area contributed by atoms with E-state index in [0.717, 1.165) is 11.3 Å². The molecule has 2 amide bonds. The van der Waals surface area contributed by atoms with E-state index in [4.69, 9.17) is 0 Å². The van der Waals surface area contributed by atoms with Crippen LogP contribution in [-0.4, -0.2) is 40.3 Å². The van der Waals surface area contributed by atoms with Crippen LogP contribution in [-0.2, 0) is 9.59 Å². The lowest BCUT2D eigenvalue weighted by molar-refractivity contribution is -0.137. The van der Waals surface area contributed by atoms with Crippen LogP contribution in [0.1, 0.15) is 50.2 Å². The number of hydrogen-bond donors (Lipinski definition) is 3. The molecule has 128 valence electrons. The molecule has 8 heteroatoms. The first-order valence-electron chi connectivity index (χ1n) is 7.39. The summed E-state index contributed by atoms with van der Waals surface area (Å²) in [4.78, 5) is 39.3. The fourth-order valence-electron chi connectivity index (χ4n) is 1.79. The number of carbonyl (C=O) groups is 3. The third-order valence-corrected chi connectivity index (χ3v) is 3.99. The van der Waals surface area contributed by atoms with Crippen molar-refractivity contribution in [1.82, 2.24) is 10.3 Å². The second-order valence-corrected chi connectivity index (χ2v) is 7.36. The Morgan fingerprint density at radius 3 is 2.52 bits per heavy atom. The minimum atomic E-state index is -1.21. The summed E-state index contributed by atoms with van der Waals surface area (Å²) in [6, 6.07) is -0.770. The average molecular weight is 341 g/mol. The Hall–Kier alpha value is -1.80. The van der Waals surface area contributed by atoms with Crippen molar-refractivity contribution in [2.24, 2.45) is 5.41 Å². The predicted octanol–water partition coefficient (Wildman–Crippen LogP) is 1.59. The molecule has 1 aromatic rings. The van der Waals surface area contributed by atoms with Gasteiger partial charge in [0.25, 0.3) is 0 Å². The first kappa shape index (κ1) is 19.2. The topological polar surface area (TPSA) is 108 Å². The molecule has 0 unspecified atom stereocenters. The van der Waals surface area contributed by atoms with Gasteiger partial charge in [0.2, 0.25) is 11.8 Å². The summed E-state index contributed by atoms with van der Waals surface area (Å²) in [5.74, 6) is -1.01. The molecule has 7 nitrogen and oxygen atoms in total. The van der Waals surface area contributed by atoms with Gasteiger partial charge in [-0.15, -0.1) is 0 Å². The van der Waals surface area contributed by atoms with E-state index in [-0.39, 0.29) is 0 Å². The average Bonchev–Trinajstić information content (AvgIpc) is 2.92. The van der Waals surface area contributed by atoms with Crippen LogP contribution in [0.3, 0.4) is 0 Å². The minimum absolute atomic E-state index is 0.295. The molecular formula is C15H23N3O4S. The monoisotopic (exact) mass is 341 g/mol. The maximum absolute atomic E-state index is 12.3. The van der Waals surface area contributed by atoms with Crippen LogP contribution in [0.15, 0.2) is 6.20 Å². The van der Waals surface area contributed by atoms with Gasteiger partial charge in [-0.2, -0.15) is 0 Å². The molecule has 1 aromatic heterocycles. The standard InChI is InChI=1S/C15H23N3O4S/c1-5-6-10(17-13(22)11(20)15(2,3)4)12(21)18-14-16-7-9(8-19)23-14/h7-8,10-11,20H,5-6H2,1-4H3,(H,17,22)(H,16,18,21)/t10-,11+/m0/s1. The highest BCUT2D eigenvalue weighted by Gasteiger charge is 2.31. The summed E-state index contributed by atoms with van der Waals surface area (Å²) in [6.07, 6.45) is 1.92. The summed E-state index contributed by atoms with van der Waals surface area (Å²) in [7, 11) is 0. The molecule has 0 aliphatic carbocycles. The van der Waals surface area contributed by atoms with Gasteiger partial charge in [0.05, 0.1) is 11.1 Å². The van der Waals surface area contributed by atoms with Crippen LogP contribution in [0.5, 0.6) is 0 Å². The number of carbonyl (C=O) groups excluding carboxylic acids is 3. The maximum Gasteiger partial charge on any atom is 0.250 e. The molecule has 23 heavy (non-hydrogen) atoms. The van der Waals surface area contributed by atoms with Crippen LogP contribution in [0.4, 0.5) is 5.13 Å². The SMILES string of the molecule is CCC[C@H](NC(=O)[C@@H](O)C(C)(C)C)C(=O)Nc1ncc(C=O)s1. The lowest BCUT2D eigenvalue weighted by Crippen LogP contribution is -2.50. The Kier molecular flexibility index (Phi) is 6.83. The van der Waals surface area contributed by atoms with Crippen molar-refractivity contribution < 1.29 is 19.5 Å². The lowest BCUT2D eigenvalue weighted by atomic mass is 9.88. The second-order valence-electron chi connectivity index (χ2n) is 6.29. The molecule has 0 bridgehead atoms. The van der Waals surface area contributed by atoms with Gasteiger partial charge in [-0.25, -0.2) is 4.98 Å². The van der Waals surface area contributed by atoms with Crippen molar-refractivity contribution in [3.05, 3.63) is 11.1 Å². The van der Waals surface area contributed by atoms with Gasteiger partial charge in [-0.3, -0.25) is 14.4 Å². The number of nitrogens with zero attached hydrogens (tertiary/aromatic N) is 1.